The summed E-state index contributed by atoms with van der Waals surface area (Å²) in [4.78, 5) is 14.6. The first kappa shape index (κ1) is 22.9. The Kier molecular flexibility index (Phi) is 6.58. The number of anilines is 1. The van der Waals surface area contributed by atoms with Crippen LogP contribution in [0.1, 0.15) is 5.76 Å². The molecule has 1 amide bonds. The fraction of sp³-hybridized carbons (Fsp3) is 0.0500. The molecule has 0 aliphatic rings. The molecule has 0 unspecified atom stereocenters. The third-order valence-corrected chi connectivity index (χ3v) is 4.39. The number of carbonyl (C=O) groups excluding carboxylic acids is 1. The summed E-state index contributed by atoms with van der Waals surface area (Å²) in [7, 11) is 0. The van der Waals surface area contributed by atoms with Crippen molar-refractivity contribution < 1.29 is 31.3 Å². The summed E-state index contributed by atoms with van der Waals surface area (Å²) in [5, 5.41) is 5.58. The van der Waals surface area contributed by atoms with Gasteiger partial charge in [-0.3, -0.25) is 4.79 Å². The van der Waals surface area contributed by atoms with Gasteiger partial charge in [0.25, 0.3) is 0 Å². The van der Waals surface area contributed by atoms with E-state index in [2.05, 4.69) is 15.5 Å². The molecular weight excluding hydrogens is 459 g/mol. The van der Waals surface area contributed by atoms with Crippen LogP contribution in [0, 0.1) is 11.6 Å². The third-order valence-electron chi connectivity index (χ3n) is 4.08. The number of benzene rings is 2. The van der Waals surface area contributed by atoms with Crippen molar-refractivity contribution in [3.8, 4) is 11.3 Å². The minimum atomic E-state index is -5.08. The van der Waals surface area contributed by atoms with E-state index in [9.17, 15) is 26.7 Å². The Morgan fingerprint density at radius 3 is 2.50 bits per heavy atom. The number of aromatic nitrogens is 1. The van der Waals surface area contributed by atoms with Gasteiger partial charge >= 0.3 is 6.18 Å². The van der Waals surface area contributed by atoms with E-state index >= 15 is 0 Å². The van der Waals surface area contributed by atoms with Gasteiger partial charge in [-0.05, 0) is 30.3 Å². The van der Waals surface area contributed by atoms with Crippen molar-refractivity contribution in [1.29, 1.82) is 0 Å². The molecule has 0 spiro atoms. The molecule has 0 aliphatic carbocycles. The van der Waals surface area contributed by atoms with E-state index in [1.807, 2.05) is 0 Å². The maximum Gasteiger partial charge on any atom is 0.434 e. The summed E-state index contributed by atoms with van der Waals surface area (Å²) in [6, 6.07) is 7.75. The topological polar surface area (TPSA) is 93.5 Å². The predicted octanol–water partition coefficient (Wildman–Crippen LogP) is 5.48. The Bertz CT molecular complexity index is 1200. The summed E-state index contributed by atoms with van der Waals surface area (Å²) in [6.45, 7) is 0. The molecule has 1 heterocycles. The highest BCUT2D eigenvalue weighted by Crippen LogP contribution is 2.41. The zero-order valence-corrected chi connectivity index (χ0v) is 16.5. The highest BCUT2D eigenvalue weighted by molar-refractivity contribution is 6.33. The Labute approximate surface area is 182 Å². The fourth-order valence-electron chi connectivity index (χ4n) is 2.77. The molecule has 2 aromatic carbocycles. The van der Waals surface area contributed by atoms with Crippen LogP contribution in [-0.2, 0) is 4.79 Å². The zero-order chi connectivity index (χ0) is 23.5. The average molecular weight is 471 g/mol. The number of carbonyl (C=O) groups is 1. The lowest BCUT2D eigenvalue weighted by atomic mass is 10.0. The number of aliphatic imine (C=N–C) groups is 1. The van der Waals surface area contributed by atoms with Crippen molar-refractivity contribution in [2.75, 3.05) is 5.32 Å². The van der Waals surface area contributed by atoms with Crippen LogP contribution in [-0.4, -0.2) is 23.5 Å². The molecule has 3 rings (SSSR count). The molecule has 0 fully saturated rings. The van der Waals surface area contributed by atoms with Crippen LogP contribution in [0.5, 0.6) is 0 Å². The lowest BCUT2D eigenvalue weighted by molar-refractivity contribution is -0.105. The van der Waals surface area contributed by atoms with Crippen molar-refractivity contribution >= 4 is 40.7 Å². The monoisotopic (exact) mass is 470 g/mol. The van der Waals surface area contributed by atoms with Crippen LogP contribution in [0.4, 0.5) is 33.3 Å². The molecule has 1 aromatic heterocycles. The molecule has 0 bridgehead atoms. The number of nitrogens with one attached hydrogen (secondary N) is 1. The Balaban J connectivity index is 2.24. The third kappa shape index (κ3) is 4.62. The van der Waals surface area contributed by atoms with Crippen LogP contribution in [0.3, 0.4) is 0 Å². The van der Waals surface area contributed by atoms with Gasteiger partial charge in [0.2, 0.25) is 6.41 Å². The van der Waals surface area contributed by atoms with Gasteiger partial charge in [0, 0.05) is 6.20 Å². The maximum atomic E-state index is 14.4. The van der Waals surface area contributed by atoms with Crippen molar-refractivity contribution in [2.45, 2.75) is 6.18 Å². The predicted molar refractivity (Wildman–Crippen MR) is 108 cm³/mol. The molecular formula is C20H12ClF5N4O2. The molecule has 3 N–H and O–H groups in total. The number of nitrogens with two attached hydrogens (primary N) is 1. The number of alkyl halides is 3. The van der Waals surface area contributed by atoms with Crippen molar-refractivity contribution in [3.05, 3.63) is 71.1 Å². The van der Waals surface area contributed by atoms with Crippen LogP contribution >= 0.6 is 11.6 Å². The van der Waals surface area contributed by atoms with Crippen LogP contribution in [0.15, 0.2) is 58.2 Å². The molecule has 0 saturated carbocycles. The van der Waals surface area contributed by atoms with E-state index in [4.69, 9.17) is 21.9 Å². The molecule has 0 aliphatic heterocycles. The van der Waals surface area contributed by atoms with Crippen molar-refractivity contribution in [2.24, 2.45) is 10.7 Å². The highest BCUT2D eigenvalue weighted by Gasteiger charge is 2.41. The number of nitrogens with zero attached hydrogens (tertiary/aromatic N) is 2. The fourth-order valence-corrected chi connectivity index (χ4v) is 3.03. The molecule has 0 atom stereocenters. The van der Waals surface area contributed by atoms with Gasteiger partial charge in [0.05, 0.1) is 21.8 Å². The van der Waals surface area contributed by atoms with E-state index in [-0.39, 0.29) is 28.4 Å². The van der Waals surface area contributed by atoms with Gasteiger partial charge < -0.3 is 15.6 Å². The van der Waals surface area contributed by atoms with Crippen LogP contribution < -0.4 is 11.1 Å². The summed E-state index contributed by atoms with van der Waals surface area (Å²) in [5.74, 6) is -2.35. The number of halogens is 6. The zero-order valence-electron chi connectivity index (χ0n) is 15.8. The Hall–Kier alpha value is -3.73. The molecule has 6 nitrogen and oxygen atoms in total. The van der Waals surface area contributed by atoms with E-state index < -0.39 is 40.5 Å². The van der Waals surface area contributed by atoms with Crippen LogP contribution in [0.25, 0.3) is 16.8 Å². The summed E-state index contributed by atoms with van der Waals surface area (Å²) in [6.07, 6.45) is -4.44. The van der Waals surface area contributed by atoms with Gasteiger partial charge in [0.15, 0.2) is 11.5 Å². The van der Waals surface area contributed by atoms with E-state index in [0.717, 1.165) is 24.3 Å². The minimum Gasteiger partial charge on any atom is -0.404 e. The first-order valence-corrected chi connectivity index (χ1v) is 9.03. The molecule has 0 radical (unpaired) electrons. The number of hydrogen-bond acceptors (Lipinski definition) is 5. The molecule has 32 heavy (non-hydrogen) atoms. The SMILES string of the molecule is NC=C(C(=Nc1cccc(F)c1)C(F)(F)F)c1onc(-c2c(F)cccc2Cl)c1NC=O. The van der Waals surface area contributed by atoms with Crippen molar-refractivity contribution in [3.63, 3.8) is 0 Å². The largest absolute Gasteiger partial charge is 0.434 e. The second kappa shape index (κ2) is 9.18. The van der Waals surface area contributed by atoms with E-state index in [1.54, 1.807) is 0 Å². The highest BCUT2D eigenvalue weighted by atomic mass is 35.5. The summed E-state index contributed by atoms with van der Waals surface area (Å²) >= 11 is 6.00. The molecule has 12 heteroatoms. The summed E-state index contributed by atoms with van der Waals surface area (Å²) in [5.41, 5.74) is 1.55. The molecule has 0 saturated heterocycles. The second-order valence-corrected chi connectivity index (χ2v) is 6.52. The maximum absolute atomic E-state index is 14.4. The Morgan fingerprint density at radius 1 is 1.19 bits per heavy atom. The lowest BCUT2D eigenvalue weighted by Crippen LogP contribution is -2.25. The van der Waals surface area contributed by atoms with Crippen LogP contribution in [0.2, 0.25) is 5.02 Å². The lowest BCUT2D eigenvalue weighted by Gasteiger charge is -2.13. The van der Waals surface area contributed by atoms with Crippen molar-refractivity contribution in [1.82, 2.24) is 5.16 Å². The quantitative estimate of drug-likeness (QED) is 0.283. The smallest absolute Gasteiger partial charge is 0.404 e. The standard InChI is InChI=1S/C20H12ClF5N4O2/c21-13-5-2-6-14(23)15(13)16-17(28-9-31)18(32-30-16)12(8-27)19(20(24,25)26)29-11-4-1-3-10(22)7-11/h1-9H,27H2,(H,28,31). The van der Waals surface area contributed by atoms with Gasteiger partial charge in [-0.2, -0.15) is 13.2 Å². The van der Waals surface area contributed by atoms with Gasteiger partial charge in [0.1, 0.15) is 23.0 Å². The first-order valence-electron chi connectivity index (χ1n) is 8.65. The number of allylic oxidation sites excluding steroid dienone is 1. The summed E-state index contributed by atoms with van der Waals surface area (Å²) < 4.78 is 74.4. The van der Waals surface area contributed by atoms with Gasteiger partial charge in [-0.1, -0.05) is 28.9 Å². The number of rotatable bonds is 6. The van der Waals surface area contributed by atoms with Gasteiger partial charge in [-0.15, -0.1) is 0 Å². The first-order chi connectivity index (χ1) is 15.2. The number of hydrogen-bond donors (Lipinski definition) is 2. The second-order valence-electron chi connectivity index (χ2n) is 6.11. The van der Waals surface area contributed by atoms with E-state index in [1.165, 1.54) is 18.2 Å². The van der Waals surface area contributed by atoms with Gasteiger partial charge in [-0.25, -0.2) is 13.8 Å². The molecule has 3 aromatic rings. The normalized spacial score (nSPS) is 12.7. The molecule has 166 valence electrons. The Morgan fingerprint density at radius 2 is 1.91 bits per heavy atom. The number of amides is 1. The minimum absolute atomic E-state index is 0.124. The van der Waals surface area contributed by atoms with E-state index in [0.29, 0.717) is 6.20 Å². The average Bonchev–Trinajstić information content (AvgIpc) is 3.11.